The molecule has 0 spiro atoms. The molecule has 4 rings (SSSR count). The van der Waals surface area contributed by atoms with Gasteiger partial charge in [0.2, 0.25) is 5.95 Å². The van der Waals surface area contributed by atoms with Crippen molar-refractivity contribution in [3.05, 3.63) is 51.4 Å². The van der Waals surface area contributed by atoms with Gasteiger partial charge in [-0.05, 0) is 56.9 Å². The molecular weight excluding hydrogens is 401 g/mol. The molecule has 2 aliphatic rings. The highest BCUT2D eigenvalue weighted by Crippen LogP contribution is 2.54. The van der Waals surface area contributed by atoms with Crippen molar-refractivity contribution in [2.75, 3.05) is 5.32 Å². The number of fused-ring (bicyclic) bond motifs is 5. The Bertz CT molecular complexity index is 1060. The van der Waals surface area contributed by atoms with E-state index in [0.29, 0.717) is 11.9 Å². The summed E-state index contributed by atoms with van der Waals surface area (Å²) in [4.78, 5) is 31.9. The van der Waals surface area contributed by atoms with Gasteiger partial charge in [0.15, 0.2) is 0 Å². The van der Waals surface area contributed by atoms with Gasteiger partial charge >= 0.3 is 12.3 Å². The number of halogens is 3. The number of carbonyl (C=O) groups excluding carboxylic acids is 1. The molecule has 3 heterocycles. The van der Waals surface area contributed by atoms with Crippen molar-refractivity contribution in [1.82, 2.24) is 14.9 Å². The van der Waals surface area contributed by atoms with E-state index in [1.807, 2.05) is 32.9 Å². The lowest BCUT2D eigenvalue weighted by Crippen LogP contribution is -2.34. The number of rotatable bonds is 2. The van der Waals surface area contributed by atoms with E-state index in [4.69, 9.17) is 4.74 Å². The Hall–Kier alpha value is -3.04. The van der Waals surface area contributed by atoms with Crippen LogP contribution in [0, 0.1) is 0 Å². The zero-order valence-corrected chi connectivity index (χ0v) is 16.6. The Kier molecular flexibility index (Phi) is 4.55. The summed E-state index contributed by atoms with van der Waals surface area (Å²) < 4.78 is 43.7. The van der Waals surface area contributed by atoms with Gasteiger partial charge in [-0.2, -0.15) is 13.2 Å². The normalized spacial score (nSPS) is 20.3. The van der Waals surface area contributed by atoms with Crippen molar-refractivity contribution in [3.63, 3.8) is 0 Å². The molecule has 160 valence electrons. The maximum atomic E-state index is 12.7. The molecule has 10 heteroatoms. The van der Waals surface area contributed by atoms with Gasteiger partial charge in [-0.1, -0.05) is 6.07 Å². The molecule has 7 nitrogen and oxygen atoms in total. The van der Waals surface area contributed by atoms with Gasteiger partial charge in [-0.3, -0.25) is 14.7 Å². The van der Waals surface area contributed by atoms with Crippen molar-refractivity contribution >= 4 is 17.7 Å². The van der Waals surface area contributed by atoms with Gasteiger partial charge in [0, 0.05) is 11.9 Å². The molecule has 1 amide bonds. The summed E-state index contributed by atoms with van der Waals surface area (Å²) in [5.74, 6) is -0.0971. The number of hydrogen-bond donors (Lipinski definition) is 2. The van der Waals surface area contributed by atoms with Gasteiger partial charge in [0.1, 0.15) is 11.2 Å². The van der Waals surface area contributed by atoms with Crippen LogP contribution in [0.3, 0.4) is 0 Å². The summed E-state index contributed by atoms with van der Waals surface area (Å²) in [5.41, 5.74) is -0.692. The predicted molar refractivity (Wildman–Crippen MR) is 102 cm³/mol. The summed E-state index contributed by atoms with van der Waals surface area (Å²) in [6.45, 7) is 5.45. The maximum Gasteiger partial charge on any atom is 0.423 e. The van der Waals surface area contributed by atoms with Crippen molar-refractivity contribution < 1.29 is 22.7 Å². The topological polar surface area (TPSA) is 87.3 Å². The Morgan fingerprint density at radius 1 is 1.20 bits per heavy atom. The number of alkyl halides is 3. The van der Waals surface area contributed by atoms with Crippen LogP contribution in [0.4, 0.5) is 29.6 Å². The van der Waals surface area contributed by atoms with Crippen molar-refractivity contribution in [1.29, 1.82) is 0 Å². The fourth-order valence-electron chi connectivity index (χ4n) is 4.03. The molecule has 0 aliphatic carbocycles. The number of benzene rings is 1. The van der Waals surface area contributed by atoms with Gasteiger partial charge in [-0.15, -0.1) is 0 Å². The summed E-state index contributed by atoms with van der Waals surface area (Å²) in [7, 11) is 0. The van der Waals surface area contributed by atoms with Gasteiger partial charge < -0.3 is 10.1 Å². The number of nitrogens with one attached hydrogen (secondary N) is 2. The molecule has 30 heavy (non-hydrogen) atoms. The predicted octanol–water partition coefficient (Wildman–Crippen LogP) is 4.66. The second-order valence-electron chi connectivity index (χ2n) is 8.44. The molecule has 2 aliphatic heterocycles. The lowest BCUT2D eigenvalue weighted by Gasteiger charge is -2.27. The number of nitrogens with zero attached hydrogens (tertiary/aromatic N) is 2. The highest BCUT2D eigenvalue weighted by molar-refractivity contribution is 5.73. The van der Waals surface area contributed by atoms with Crippen LogP contribution in [0.5, 0.6) is 0 Å². The number of aromatic nitrogens is 2. The van der Waals surface area contributed by atoms with Crippen molar-refractivity contribution in [2.24, 2.45) is 0 Å². The third-order valence-corrected chi connectivity index (χ3v) is 5.16. The highest BCUT2D eigenvalue weighted by atomic mass is 19.4. The average molecular weight is 422 g/mol. The molecule has 1 aromatic carbocycles. The molecular formula is C20H21F3N4O3. The Balaban J connectivity index is 1.57. The Morgan fingerprint density at radius 2 is 1.87 bits per heavy atom. The number of H-pyrrole nitrogens is 1. The summed E-state index contributed by atoms with van der Waals surface area (Å²) >= 11 is 0. The number of amides is 1. The molecule has 1 aromatic heterocycles. The van der Waals surface area contributed by atoms with E-state index < -0.39 is 22.9 Å². The average Bonchev–Trinajstić information content (AvgIpc) is 3.16. The molecule has 2 N–H and O–H groups in total. The van der Waals surface area contributed by atoms with Crippen molar-refractivity contribution in [3.8, 4) is 0 Å². The van der Waals surface area contributed by atoms with E-state index in [1.54, 1.807) is 11.0 Å². The molecule has 2 atom stereocenters. The lowest BCUT2D eigenvalue weighted by atomic mass is 9.91. The highest BCUT2D eigenvalue weighted by Gasteiger charge is 2.47. The van der Waals surface area contributed by atoms with E-state index in [0.717, 1.165) is 24.0 Å². The minimum atomic E-state index is -4.77. The van der Waals surface area contributed by atoms with E-state index in [2.05, 4.69) is 15.3 Å². The first-order valence-corrected chi connectivity index (χ1v) is 9.53. The molecule has 1 fully saturated rings. The number of aromatic amines is 1. The number of hydrogen-bond acceptors (Lipinski definition) is 5. The summed E-state index contributed by atoms with van der Waals surface area (Å²) in [6, 6.07) is 5.26. The zero-order valence-electron chi connectivity index (χ0n) is 16.6. The minimum Gasteiger partial charge on any atom is -0.444 e. The SMILES string of the molecule is CC(C)(C)OC(=O)N1[C@@H]2CC[C@H]1c1ccc(Nc3ncc(C(F)(F)F)c(=O)[nH]3)cc12. The molecule has 0 saturated carbocycles. The van der Waals surface area contributed by atoms with E-state index in [9.17, 15) is 22.8 Å². The first kappa shape index (κ1) is 20.2. The second-order valence-corrected chi connectivity index (χ2v) is 8.44. The van der Waals surface area contributed by atoms with Crippen LogP contribution in [0.25, 0.3) is 0 Å². The second kappa shape index (κ2) is 6.75. The van der Waals surface area contributed by atoms with Crippen LogP contribution < -0.4 is 10.9 Å². The number of carbonyl (C=O) groups is 1. The van der Waals surface area contributed by atoms with Crippen LogP contribution >= 0.6 is 0 Å². The van der Waals surface area contributed by atoms with Crippen LogP contribution in [-0.4, -0.2) is 26.6 Å². The molecule has 0 unspecified atom stereocenters. The molecule has 2 bridgehead atoms. The smallest absolute Gasteiger partial charge is 0.423 e. The van der Waals surface area contributed by atoms with E-state index in [-0.39, 0.29) is 24.1 Å². The number of anilines is 2. The number of ether oxygens (including phenoxy) is 1. The quantitative estimate of drug-likeness (QED) is 0.735. The zero-order chi connectivity index (χ0) is 21.8. The fraction of sp³-hybridized carbons (Fsp3) is 0.450. The largest absolute Gasteiger partial charge is 0.444 e. The molecule has 0 radical (unpaired) electrons. The van der Waals surface area contributed by atoms with E-state index in [1.165, 1.54) is 0 Å². The minimum absolute atomic E-state index is 0.0575. The standard InChI is InChI=1S/C20H21F3N4O3/c1-19(2,3)30-18(29)27-14-6-7-15(27)12-8-10(4-5-11(12)14)25-17-24-9-13(16(28)26-17)20(21,22)23/h4-5,8-9,14-15H,6-7H2,1-3H3,(H2,24,25,26,28)/t14-,15+/m0/s1. The summed E-state index contributed by atoms with van der Waals surface area (Å²) in [6.07, 6.45) is -2.99. The third kappa shape index (κ3) is 3.61. The molecule has 1 saturated heterocycles. The van der Waals surface area contributed by atoms with Crippen LogP contribution in [0.2, 0.25) is 0 Å². The van der Waals surface area contributed by atoms with Gasteiger partial charge in [0.05, 0.1) is 12.1 Å². The Labute approximate surface area is 170 Å². The molecule has 2 aromatic rings. The van der Waals surface area contributed by atoms with Crippen LogP contribution in [0.15, 0.2) is 29.2 Å². The third-order valence-electron chi connectivity index (χ3n) is 5.16. The fourth-order valence-corrected chi connectivity index (χ4v) is 4.03. The van der Waals surface area contributed by atoms with Crippen molar-refractivity contribution in [2.45, 2.75) is 57.5 Å². The lowest BCUT2D eigenvalue weighted by molar-refractivity contribution is -0.138. The maximum absolute atomic E-state index is 12.7. The van der Waals surface area contributed by atoms with Gasteiger partial charge in [0.25, 0.3) is 5.56 Å². The van der Waals surface area contributed by atoms with Crippen LogP contribution in [-0.2, 0) is 10.9 Å². The first-order valence-electron chi connectivity index (χ1n) is 9.53. The van der Waals surface area contributed by atoms with E-state index >= 15 is 0 Å². The summed E-state index contributed by atoms with van der Waals surface area (Å²) in [5, 5.41) is 2.83. The van der Waals surface area contributed by atoms with Gasteiger partial charge in [-0.25, -0.2) is 9.78 Å². The Morgan fingerprint density at radius 3 is 2.47 bits per heavy atom. The first-order chi connectivity index (χ1) is 13.9. The monoisotopic (exact) mass is 422 g/mol. The van der Waals surface area contributed by atoms with Crippen LogP contribution in [0.1, 0.15) is 62.4 Å².